The van der Waals surface area contributed by atoms with Gasteiger partial charge in [-0.05, 0) is 173 Å². The SMILES string of the molecule is CC1(C)c2c3c(cc4c2C2CCC4CC2)N(c2ccccc2)c2cccc4c2B3c2c(cc3c(c21)C1CCC3CC1)N4c1ccccc1. The van der Waals surface area contributed by atoms with E-state index in [1.54, 1.807) is 44.3 Å². The van der Waals surface area contributed by atoms with E-state index in [1.807, 2.05) is 0 Å². The fourth-order valence-corrected chi connectivity index (χ4v) is 12.4. The third-order valence-electron chi connectivity index (χ3n) is 14.2. The maximum absolute atomic E-state index is 2.71. The predicted molar refractivity (Wildman–Crippen MR) is 200 cm³/mol. The van der Waals surface area contributed by atoms with Crippen molar-refractivity contribution < 1.29 is 0 Å². The molecule has 0 unspecified atom stereocenters. The van der Waals surface area contributed by atoms with Crippen molar-refractivity contribution in [2.45, 2.75) is 94.3 Å². The molecule has 0 spiro atoms. The second-order valence-corrected chi connectivity index (χ2v) is 16.6. The molecule has 234 valence electrons. The third-order valence-corrected chi connectivity index (χ3v) is 14.2. The van der Waals surface area contributed by atoms with Crippen molar-refractivity contribution in [1.82, 2.24) is 0 Å². The number of nitrogens with zero attached hydrogens (tertiary/aromatic N) is 2. The Labute approximate surface area is 284 Å². The van der Waals surface area contributed by atoms with Gasteiger partial charge in [0.2, 0.25) is 0 Å². The summed E-state index contributed by atoms with van der Waals surface area (Å²) < 4.78 is 0. The van der Waals surface area contributed by atoms with Gasteiger partial charge in [-0.15, -0.1) is 0 Å². The third kappa shape index (κ3) is 3.09. The summed E-state index contributed by atoms with van der Waals surface area (Å²) in [4.78, 5) is 5.32. The van der Waals surface area contributed by atoms with E-state index in [4.69, 9.17) is 0 Å². The lowest BCUT2D eigenvalue weighted by molar-refractivity contribution is 0.348. The highest BCUT2D eigenvalue weighted by Gasteiger charge is 2.56. The summed E-state index contributed by atoms with van der Waals surface area (Å²) in [6.07, 6.45) is 10.9. The Hall–Kier alpha value is -4.24. The van der Waals surface area contributed by atoms with Crippen molar-refractivity contribution in [1.29, 1.82) is 0 Å². The normalized spacial score (nSPS) is 25.5. The van der Waals surface area contributed by atoms with Gasteiger partial charge >= 0.3 is 0 Å². The molecule has 0 amide bonds. The Balaban J connectivity index is 1.29. The molecule has 14 rings (SSSR count). The van der Waals surface area contributed by atoms with Crippen LogP contribution in [0.1, 0.15) is 122 Å². The van der Waals surface area contributed by atoms with E-state index in [9.17, 15) is 0 Å². The highest BCUT2D eigenvalue weighted by atomic mass is 15.2. The van der Waals surface area contributed by atoms with Gasteiger partial charge in [-0.3, -0.25) is 0 Å². The van der Waals surface area contributed by atoms with Crippen LogP contribution < -0.4 is 26.2 Å². The minimum atomic E-state index is -0.0647. The lowest BCUT2D eigenvalue weighted by atomic mass is 9.27. The van der Waals surface area contributed by atoms with Crippen LogP contribution in [0.15, 0.2) is 91.0 Å². The van der Waals surface area contributed by atoms with Crippen molar-refractivity contribution in [2.24, 2.45) is 0 Å². The highest BCUT2D eigenvalue weighted by Crippen LogP contribution is 2.60. The van der Waals surface area contributed by atoms with Crippen molar-refractivity contribution in [3.63, 3.8) is 0 Å². The number of benzene rings is 5. The molecule has 0 N–H and O–H groups in total. The molecule has 48 heavy (non-hydrogen) atoms. The van der Waals surface area contributed by atoms with Gasteiger partial charge in [0.1, 0.15) is 0 Å². The second kappa shape index (κ2) is 9.05. The molecule has 3 heteroatoms. The molecule has 0 radical (unpaired) electrons. The summed E-state index contributed by atoms with van der Waals surface area (Å²) in [5.74, 6) is 2.80. The van der Waals surface area contributed by atoms with E-state index in [0.717, 1.165) is 0 Å². The Morgan fingerprint density at radius 1 is 0.479 bits per heavy atom. The summed E-state index contributed by atoms with van der Waals surface area (Å²) in [6.45, 7) is 5.56. The Kier molecular flexibility index (Phi) is 5.03. The van der Waals surface area contributed by atoms with Crippen LogP contribution in [0, 0.1) is 0 Å². The summed E-state index contributed by atoms with van der Waals surface area (Å²) in [6, 6.07) is 35.1. The zero-order valence-corrected chi connectivity index (χ0v) is 28.1. The number of hydrogen-bond acceptors (Lipinski definition) is 2. The van der Waals surface area contributed by atoms with Crippen molar-refractivity contribution >= 4 is 57.2 Å². The molecule has 4 bridgehead atoms. The van der Waals surface area contributed by atoms with Gasteiger partial charge < -0.3 is 9.80 Å². The number of anilines is 6. The van der Waals surface area contributed by atoms with Gasteiger partial charge in [0.05, 0.1) is 0 Å². The van der Waals surface area contributed by atoms with Crippen LogP contribution in [0.4, 0.5) is 34.1 Å². The minimum absolute atomic E-state index is 0.0647. The number of para-hydroxylation sites is 2. The molecule has 9 aliphatic rings. The minimum Gasteiger partial charge on any atom is -0.311 e. The Morgan fingerprint density at radius 2 is 0.896 bits per heavy atom. The summed E-state index contributed by atoms with van der Waals surface area (Å²) in [5.41, 5.74) is 23.2. The average Bonchev–Trinajstić information content (AvgIpc) is 3.14. The number of fused-ring (bicyclic) bond motifs is 4. The van der Waals surface area contributed by atoms with E-state index in [2.05, 4.69) is 115 Å². The fraction of sp³-hybridized carbons (Fsp3) is 0.333. The number of rotatable bonds is 2. The molecule has 6 aliphatic carbocycles. The first-order valence-corrected chi connectivity index (χ1v) is 18.8. The molecule has 0 atom stereocenters. The first-order valence-electron chi connectivity index (χ1n) is 18.8. The average molecular weight is 621 g/mol. The zero-order chi connectivity index (χ0) is 31.5. The molecule has 5 aromatic carbocycles. The zero-order valence-electron chi connectivity index (χ0n) is 28.1. The van der Waals surface area contributed by atoms with Crippen LogP contribution in [0.25, 0.3) is 0 Å². The standard InChI is InChI=1S/C45H41BN2/c1-45(2)40-38-28-20-16-26(17-21-28)32(38)24-36-43(40)46-42-34(47(36)30-10-5-3-6-11-30)14-9-15-35(42)48(31-12-7-4-8-13-31)37-25-33-27-18-22-29(23-19-27)39(33)41(45)44(37)46/h3-15,24-29H,16-23H2,1-2H3. The van der Waals surface area contributed by atoms with Crippen LogP contribution in [-0.4, -0.2) is 6.71 Å². The van der Waals surface area contributed by atoms with Crippen LogP contribution in [0.2, 0.25) is 0 Å². The van der Waals surface area contributed by atoms with Gasteiger partial charge in [0, 0.05) is 39.5 Å². The molecule has 0 aromatic heterocycles. The van der Waals surface area contributed by atoms with E-state index in [-0.39, 0.29) is 12.1 Å². The van der Waals surface area contributed by atoms with E-state index >= 15 is 0 Å². The summed E-state index contributed by atoms with van der Waals surface area (Å²) >= 11 is 0. The van der Waals surface area contributed by atoms with E-state index in [0.29, 0.717) is 23.7 Å². The maximum Gasteiger partial charge on any atom is 0.252 e. The molecular formula is C45H41BN2. The smallest absolute Gasteiger partial charge is 0.252 e. The Bertz CT molecular complexity index is 2050. The molecule has 2 nitrogen and oxygen atoms in total. The second-order valence-electron chi connectivity index (χ2n) is 16.6. The molecular weight excluding hydrogens is 579 g/mol. The van der Waals surface area contributed by atoms with Crippen LogP contribution in [-0.2, 0) is 5.41 Å². The summed E-state index contributed by atoms with van der Waals surface area (Å²) in [7, 11) is 0. The van der Waals surface area contributed by atoms with Crippen LogP contribution >= 0.6 is 0 Å². The van der Waals surface area contributed by atoms with Gasteiger partial charge in [-0.25, -0.2) is 0 Å². The van der Waals surface area contributed by atoms with E-state index < -0.39 is 0 Å². The maximum atomic E-state index is 2.71. The highest BCUT2D eigenvalue weighted by molar-refractivity contribution is 7.01. The first kappa shape index (κ1) is 26.7. The molecule has 2 fully saturated rings. The topological polar surface area (TPSA) is 6.48 Å². The predicted octanol–water partition coefficient (Wildman–Crippen LogP) is 9.92. The van der Waals surface area contributed by atoms with Crippen LogP contribution in [0.5, 0.6) is 0 Å². The molecule has 3 aliphatic heterocycles. The van der Waals surface area contributed by atoms with E-state index in [1.165, 1.54) is 91.0 Å². The van der Waals surface area contributed by atoms with Crippen molar-refractivity contribution in [3.8, 4) is 0 Å². The molecule has 0 saturated heterocycles. The monoisotopic (exact) mass is 620 g/mol. The van der Waals surface area contributed by atoms with Crippen molar-refractivity contribution in [2.75, 3.05) is 9.80 Å². The lowest BCUT2D eigenvalue weighted by Crippen LogP contribution is -2.68. The fourth-order valence-electron chi connectivity index (χ4n) is 12.4. The largest absolute Gasteiger partial charge is 0.311 e. The van der Waals surface area contributed by atoms with Gasteiger partial charge in [-0.2, -0.15) is 0 Å². The molecule has 2 saturated carbocycles. The molecule has 5 aromatic rings. The molecule has 3 heterocycles. The number of hydrogen-bond donors (Lipinski definition) is 0. The van der Waals surface area contributed by atoms with Crippen molar-refractivity contribution in [3.05, 3.63) is 124 Å². The van der Waals surface area contributed by atoms with Gasteiger partial charge in [0.15, 0.2) is 0 Å². The van der Waals surface area contributed by atoms with Gasteiger partial charge in [-0.1, -0.05) is 56.3 Å². The summed E-state index contributed by atoms with van der Waals surface area (Å²) in [5, 5.41) is 0. The van der Waals surface area contributed by atoms with Gasteiger partial charge in [0.25, 0.3) is 6.71 Å². The van der Waals surface area contributed by atoms with Crippen LogP contribution in [0.3, 0.4) is 0 Å². The Morgan fingerprint density at radius 3 is 1.33 bits per heavy atom. The first-order chi connectivity index (χ1) is 23.6. The lowest BCUT2D eigenvalue weighted by Gasteiger charge is -2.55. The quantitative estimate of drug-likeness (QED) is 0.178.